The summed E-state index contributed by atoms with van der Waals surface area (Å²) >= 11 is 10.4. The van der Waals surface area contributed by atoms with Crippen molar-refractivity contribution < 1.29 is 17.9 Å². The van der Waals surface area contributed by atoms with Crippen LogP contribution in [-0.4, -0.2) is 16.3 Å². The van der Waals surface area contributed by atoms with Crippen molar-refractivity contribution in [1.29, 1.82) is 0 Å². The standard InChI is InChI=1S/C14H10ClF3N4OS/c15-11-5-9(14(16,17)18)7-20-12(11)23-10-3-1-8(2-4-10)6-21-22-13(19)24/h1-7H,(H3,19,22,24)/b21-6+. The van der Waals surface area contributed by atoms with E-state index in [0.717, 1.165) is 11.6 Å². The fourth-order valence-electron chi connectivity index (χ4n) is 1.56. The maximum absolute atomic E-state index is 12.5. The Hall–Kier alpha value is -2.39. The van der Waals surface area contributed by atoms with Crippen LogP contribution in [0, 0.1) is 0 Å². The molecule has 5 nitrogen and oxygen atoms in total. The number of pyridine rings is 1. The van der Waals surface area contributed by atoms with Crippen LogP contribution in [0.4, 0.5) is 13.2 Å². The molecule has 0 spiro atoms. The Balaban J connectivity index is 2.09. The summed E-state index contributed by atoms with van der Waals surface area (Å²) in [5.41, 5.74) is 7.39. The number of nitrogens with two attached hydrogens (primary N) is 1. The lowest BCUT2D eigenvalue weighted by molar-refractivity contribution is -0.137. The van der Waals surface area contributed by atoms with Crippen LogP contribution in [0.2, 0.25) is 5.02 Å². The van der Waals surface area contributed by atoms with E-state index < -0.39 is 11.7 Å². The Morgan fingerprint density at radius 1 is 1.33 bits per heavy atom. The van der Waals surface area contributed by atoms with Gasteiger partial charge in [-0.05, 0) is 48.1 Å². The Bertz CT molecular complexity index is 766. The maximum Gasteiger partial charge on any atom is 0.417 e. The lowest BCUT2D eigenvalue weighted by Gasteiger charge is -2.10. The molecule has 1 aromatic carbocycles. The van der Waals surface area contributed by atoms with Crippen molar-refractivity contribution in [2.24, 2.45) is 10.8 Å². The largest absolute Gasteiger partial charge is 0.438 e. The third kappa shape index (κ3) is 5.07. The van der Waals surface area contributed by atoms with Crippen molar-refractivity contribution in [2.45, 2.75) is 6.18 Å². The molecule has 1 heterocycles. The third-order valence-electron chi connectivity index (χ3n) is 2.62. The van der Waals surface area contributed by atoms with E-state index in [2.05, 4.69) is 27.7 Å². The molecule has 0 aliphatic rings. The van der Waals surface area contributed by atoms with Gasteiger partial charge in [-0.15, -0.1) is 0 Å². The summed E-state index contributed by atoms with van der Waals surface area (Å²) in [6.07, 6.45) is -2.38. The van der Waals surface area contributed by atoms with E-state index >= 15 is 0 Å². The Kier molecular flexibility index (Phi) is 5.58. The van der Waals surface area contributed by atoms with Gasteiger partial charge < -0.3 is 10.5 Å². The van der Waals surface area contributed by atoms with Gasteiger partial charge in [0, 0.05) is 6.20 Å². The Morgan fingerprint density at radius 2 is 2.00 bits per heavy atom. The molecule has 0 unspecified atom stereocenters. The molecule has 0 atom stereocenters. The molecule has 24 heavy (non-hydrogen) atoms. The van der Waals surface area contributed by atoms with E-state index in [4.69, 9.17) is 22.1 Å². The zero-order valence-electron chi connectivity index (χ0n) is 11.8. The molecule has 0 bridgehead atoms. The van der Waals surface area contributed by atoms with Crippen LogP contribution in [0.25, 0.3) is 0 Å². The van der Waals surface area contributed by atoms with Gasteiger partial charge in [0.25, 0.3) is 0 Å². The number of rotatable bonds is 4. The first kappa shape index (κ1) is 18.0. The smallest absolute Gasteiger partial charge is 0.417 e. The summed E-state index contributed by atoms with van der Waals surface area (Å²) in [6.45, 7) is 0. The van der Waals surface area contributed by atoms with Crippen LogP contribution in [0.5, 0.6) is 11.6 Å². The first-order valence-corrected chi connectivity index (χ1v) is 7.13. The van der Waals surface area contributed by atoms with Gasteiger partial charge in [-0.1, -0.05) is 11.6 Å². The highest BCUT2D eigenvalue weighted by Crippen LogP contribution is 2.34. The summed E-state index contributed by atoms with van der Waals surface area (Å²) in [7, 11) is 0. The number of hydrazone groups is 1. The van der Waals surface area contributed by atoms with Gasteiger partial charge in [-0.25, -0.2) is 4.98 Å². The summed E-state index contributed by atoms with van der Waals surface area (Å²) < 4.78 is 43.0. The highest BCUT2D eigenvalue weighted by Gasteiger charge is 2.31. The number of ether oxygens (including phenoxy) is 1. The van der Waals surface area contributed by atoms with Crippen LogP contribution in [-0.2, 0) is 6.18 Å². The molecule has 10 heteroatoms. The van der Waals surface area contributed by atoms with Crippen LogP contribution in [0.3, 0.4) is 0 Å². The van der Waals surface area contributed by atoms with Crippen molar-refractivity contribution in [3.05, 3.63) is 52.7 Å². The predicted molar refractivity (Wildman–Crippen MR) is 88.3 cm³/mol. The SMILES string of the molecule is NC(=S)N/N=C/c1ccc(Oc2ncc(C(F)(F)F)cc2Cl)cc1. The molecule has 0 saturated heterocycles. The molecular weight excluding hydrogens is 365 g/mol. The summed E-state index contributed by atoms with van der Waals surface area (Å²) in [5, 5.41) is 3.58. The Morgan fingerprint density at radius 3 is 2.54 bits per heavy atom. The van der Waals surface area contributed by atoms with Crippen molar-refractivity contribution in [3.63, 3.8) is 0 Å². The second-order valence-electron chi connectivity index (χ2n) is 4.41. The van der Waals surface area contributed by atoms with Crippen LogP contribution < -0.4 is 15.9 Å². The lowest BCUT2D eigenvalue weighted by atomic mass is 10.2. The molecule has 0 aliphatic carbocycles. The third-order valence-corrected chi connectivity index (χ3v) is 2.98. The zero-order chi connectivity index (χ0) is 17.7. The van der Waals surface area contributed by atoms with Crippen molar-refractivity contribution in [1.82, 2.24) is 10.4 Å². The number of hydrogen-bond donors (Lipinski definition) is 2. The number of nitrogens with zero attached hydrogens (tertiary/aromatic N) is 2. The molecule has 0 saturated carbocycles. The van der Waals surface area contributed by atoms with E-state index in [1.807, 2.05) is 0 Å². The molecule has 2 aromatic rings. The molecular formula is C14H10ClF3N4OS. The van der Waals surface area contributed by atoms with Gasteiger partial charge in [0.05, 0.1) is 11.8 Å². The van der Waals surface area contributed by atoms with Gasteiger partial charge in [-0.2, -0.15) is 18.3 Å². The summed E-state index contributed by atoms with van der Waals surface area (Å²) in [4.78, 5) is 3.59. The minimum Gasteiger partial charge on any atom is -0.438 e. The number of hydrogen-bond acceptors (Lipinski definition) is 4. The molecule has 3 N–H and O–H groups in total. The monoisotopic (exact) mass is 374 g/mol. The number of alkyl halides is 3. The topological polar surface area (TPSA) is 72.5 Å². The van der Waals surface area contributed by atoms with E-state index in [-0.39, 0.29) is 16.0 Å². The number of nitrogens with one attached hydrogen (secondary N) is 1. The fraction of sp³-hybridized carbons (Fsp3) is 0.0714. The van der Waals surface area contributed by atoms with Gasteiger partial charge >= 0.3 is 6.18 Å². The molecule has 0 radical (unpaired) electrons. The van der Waals surface area contributed by atoms with E-state index in [1.165, 1.54) is 6.21 Å². The number of aromatic nitrogens is 1. The summed E-state index contributed by atoms with van der Waals surface area (Å²) in [6, 6.07) is 7.25. The van der Waals surface area contributed by atoms with Crippen molar-refractivity contribution in [3.8, 4) is 11.6 Å². The minimum atomic E-state index is -4.52. The maximum atomic E-state index is 12.5. The number of thiocarbonyl (C=S) groups is 1. The van der Waals surface area contributed by atoms with Gasteiger partial charge in [0.1, 0.15) is 10.8 Å². The molecule has 2 rings (SSSR count). The molecule has 0 amide bonds. The normalized spacial score (nSPS) is 11.5. The Labute approximate surface area is 145 Å². The van der Waals surface area contributed by atoms with Crippen LogP contribution >= 0.6 is 23.8 Å². The van der Waals surface area contributed by atoms with E-state index in [0.29, 0.717) is 11.9 Å². The van der Waals surface area contributed by atoms with E-state index in [1.54, 1.807) is 24.3 Å². The number of halogens is 4. The molecule has 0 aliphatic heterocycles. The highest BCUT2D eigenvalue weighted by molar-refractivity contribution is 7.80. The molecule has 1 aromatic heterocycles. The first-order valence-electron chi connectivity index (χ1n) is 6.35. The molecule has 0 fully saturated rings. The second kappa shape index (κ2) is 7.45. The second-order valence-corrected chi connectivity index (χ2v) is 5.26. The van der Waals surface area contributed by atoms with E-state index in [9.17, 15) is 13.2 Å². The fourth-order valence-corrected chi connectivity index (χ4v) is 1.82. The first-order chi connectivity index (χ1) is 11.3. The van der Waals surface area contributed by atoms with Crippen molar-refractivity contribution >= 4 is 35.1 Å². The molecule has 126 valence electrons. The van der Waals surface area contributed by atoms with Crippen molar-refractivity contribution in [2.75, 3.05) is 0 Å². The van der Waals surface area contributed by atoms with Gasteiger partial charge in [0.15, 0.2) is 5.11 Å². The summed E-state index contributed by atoms with van der Waals surface area (Å²) in [5.74, 6) is 0.227. The highest BCUT2D eigenvalue weighted by atomic mass is 35.5. The lowest BCUT2D eigenvalue weighted by Crippen LogP contribution is -2.23. The van der Waals surface area contributed by atoms with Crippen LogP contribution in [0.1, 0.15) is 11.1 Å². The quantitative estimate of drug-likeness (QED) is 0.485. The average Bonchev–Trinajstić information content (AvgIpc) is 2.49. The van der Waals surface area contributed by atoms with Gasteiger partial charge in [-0.3, -0.25) is 5.43 Å². The zero-order valence-corrected chi connectivity index (χ0v) is 13.4. The minimum absolute atomic E-state index is 0.0363. The average molecular weight is 375 g/mol. The van der Waals surface area contributed by atoms with Gasteiger partial charge in [0.2, 0.25) is 5.88 Å². The predicted octanol–water partition coefficient (Wildman–Crippen LogP) is 3.71. The van der Waals surface area contributed by atoms with Crippen LogP contribution in [0.15, 0.2) is 41.6 Å². The number of benzene rings is 1.